The predicted molar refractivity (Wildman–Crippen MR) is 83.2 cm³/mol. The number of methoxy groups -OCH3 is 1. The lowest BCUT2D eigenvalue weighted by molar-refractivity contribution is 0.0141. The van der Waals surface area contributed by atoms with Crippen molar-refractivity contribution in [2.75, 3.05) is 20.2 Å². The van der Waals surface area contributed by atoms with E-state index in [9.17, 15) is 4.79 Å². The highest BCUT2D eigenvalue weighted by Crippen LogP contribution is 2.26. The van der Waals surface area contributed by atoms with Gasteiger partial charge in [0.25, 0.3) is 5.91 Å². The average molecular weight is 370 g/mol. The molecule has 0 aliphatic carbocycles. The van der Waals surface area contributed by atoms with Gasteiger partial charge < -0.3 is 15.4 Å². The number of likely N-dealkylation sites (tertiary alicyclic amines) is 1. The maximum absolute atomic E-state index is 12.4. The molecule has 0 aromatic carbocycles. The number of amides is 1. The molecule has 108 valence electrons. The van der Waals surface area contributed by atoms with Crippen LogP contribution in [0.1, 0.15) is 22.5 Å². The maximum Gasteiger partial charge on any atom is 0.264 e. The van der Waals surface area contributed by atoms with Crippen molar-refractivity contribution in [1.82, 2.24) is 4.90 Å². The minimum Gasteiger partial charge on any atom is -0.381 e. The van der Waals surface area contributed by atoms with Gasteiger partial charge in [0, 0.05) is 26.2 Å². The molecule has 0 radical (unpaired) electrons. The first kappa shape index (κ1) is 16.9. The van der Waals surface area contributed by atoms with Gasteiger partial charge in [-0.25, -0.2) is 0 Å². The highest BCUT2D eigenvalue weighted by molar-refractivity contribution is 9.11. The van der Waals surface area contributed by atoms with E-state index in [0.29, 0.717) is 13.1 Å². The molecule has 1 saturated heterocycles. The van der Waals surface area contributed by atoms with E-state index in [1.807, 2.05) is 17.0 Å². The molecule has 2 N–H and O–H groups in total. The second kappa shape index (κ2) is 7.59. The Morgan fingerprint density at radius 1 is 1.63 bits per heavy atom. The van der Waals surface area contributed by atoms with Crippen molar-refractivity contribution in [3.8, 4) is 0 Å². The number of nitrogens with zero attached hydrogens (tertiary/aromatic N) is 1. The Morgan fingerprint density at radius 2 is 2.37 bits per heavy atom. The van der Waals surface area contributed by atoms with Gasteiger partial charge in [-0.2, -0.15) is 0 Å². The van der Waals surface area contributed by atoms with E-state index < -0.39 is 0 Å². The quantitative estimate of drug-likeness (QED) is 0.890. The monoisotopic (exact) mass is 368 g/mol. The fraction of sp³-hybridized carbons (Fsp3) is 0.583. The lowest BCUT2D eigenvalue weighted by atomic mass is 9.99. The summed E-state index contributed by atoms with van der Waals surface area (Å²) in [6.45, 7) is 1.20. The molecule has 19 heavy (non-hydrogen) atoms. The number of ether oxygens (including phenoxy) is 1. The first-order chi connectivity index (χ1) is 8.65. The van der Waals surface area contributed by atoms with Gasteiger partial charge in [0.15, 0.2) is 0 Å². The zero-order valence-electron chi connectivity index (χ0n) is 10.7. The van der Waals surface area contributed by atoms with Gasteiger partial charge in [-0.3, -0.25) is 4.79 Å². The van der Waals surface area contributed by atoms with Crippen LogP contribution in [0, 0.1) is 0 Å². The molecule has 0 saturated carbocycles. The molecule has 2 atom stereocenters. The summed E-state index contributed by atoms with van der Waals surface area (Å²) in [6.07, 6.45) is 1.92. The summed E-state index contributed by atoms with van der Waals surface area (Å²) in [4.78, 5) is 15.0. The predicted octanol–water partition coefficient (Wildman–Crippen LogP) is 2.51. The molecule has 2 rings (SSSR count). The molecular formula is C12H18BrClN2O2S. The van der Waals surface area contributed by atoms with Crippen LogP contribution in [0.5, 0.6) is 0 Å². The summed E-state index contributed by atoms with van der Waals surface area (Å²) in [7, 11) is 1.71. The van der Waals surface area contributed by atoms with Crippen molar-refractivity contribution >= 4 is 45.6 Å². The lowest BCUT2D eigenvalue weighted by Gasteiger charge is -2.38. The van der Waals surface area contributed by atoms with Crippen LogP contribution in [0.3, 0.4) is 0 Å². The van der Waals surface area contributed by atoms with Gasteiger partial charge in [-0.05, 0) is 40.9 Å². The lowest BCUT2D eigenvalue weighted by Crippen LogP contribution is -2.51. The number of nitrogens with two attached hydrogens (primary N) is 1. The van der Waals surface area contributed by atoms with Crippen LogP contribution < -0.4 is 5.73 Å². The molecule has 1 aliphatic rings. The zero-order chi connectivity index (χ0) is 13.1. The maximum atomic E-state index is 12.4. The van der Waals surface area contributed by atoms with Crippen molar-refractivity contribution in [1.29, 1.82) is 0 Å². The molecule has 1 aliphatic heterocycles. The van der Waals surface area contributed by atoms with Crippen LogP contribution in [-0.2, 0) is 4.74 Å². The fourth-order valence-corrected chi connectivity index (χ4v) is 3.63. The number of thiophene rings is 1. The summed E-state index contributed by atoms with van der Waals surface area (Å²) in [6, 6.07) is 3.83. The van der Waals surface area contributed by atoms with Gasteiger partial charge in [-0.15, -0.1) is 23.7 Å². The summed E-state index contributed by atoms with van der Waals surface area (Å²) < 4.78 is 6.34. The molecule has 0 bridgehead atoms. The Bertz CT molecular complexity index is 430. The highest BCUT2D eigenvalue weighted by Gasteiger charge is 2.31. The molecule has 1 amide bonds. The van der Waals surface area contributed by atoms with Gasteiger partial charge >= 0.3 is 0 Å². The largest absolute Gasteiger partial charge is 0.381 e. The van der Waals surface area contributed by atoms with E-state index in [-0.39, 0.29) is 30.5 Å². The number of rotatable bonds is 3. The second-order valence-electron chi connectivity index (χ2n) is 4.37. The number of hydrogen-bond acceptors (Lipinski definition) is 4. The van der Waals surface area contributed by atoms with Crippen LogP contribution in [0.2, 0.25) is 0 Å². The van der Waals surface area contributed by atoms with Gasteiger partial charge in [0.2, 0.25) is 0 Å². The van der Waals surface area contributed by atoms with Gasteiger partial charge in [0.05, 0.1) is 14.8 Å². The van der Waals surface area contributed by atoms with Crippen LogP contribution in [-0.4, -0.2) is 43.2 Å². The Kier molecular flexibility index (Phi) is 6.76. The summed E-state index contributed by atoms with van der Waals surface area (Å²) >= 11 is 4.84. The van der Waals surface area contributed by atoms with Crippen LogP contribution in [0.25, 0.3) is 0 Å². The van der Waals surface area contributed by atoms with Crippen LogP contribution >= 0.6 is 39.7 Å². The van der Waals surface area contributed by atoms with Crippen LogP contribution in [0.4, 0.5) is 0 Å². The van der Waals surface area contributed by atoms with E-state index in [2.05, 4.69) is 15.9 Å². The Morgan fingerprint density at radius 3 is 2.89 bits per heavy atom. The van der Waals surface area contributed by atoms with E-state index in [4.69, 9.17) is 10.5 Å². The highest BCUT2D eigenvalue weighted by atomic mass is 79.9. The van der Waals surface area contributed by atoms with Crippen molar-refractivity contribution in [3.05, 3.63) is 20.8 Å². The molecule has 2 unspecified atom stereocenters. The molecule has 4 nitrogen and oxygen atoms in total. The normalized spacial score (nSPS) is 23.0. The third-order valence-electron chi connectivity index (χ3n) is 3.32. The topological polar surface area (TPSA) is 55.6 Å². The van der Waals surface area contributed by atoms with Crippen molar-refractivity contribution in [3.63, 3.8) is 0 Å². The Balaban J connectivity index is 0.00000180. The molecule has 1 fully saturated rings. The van der Waals surface area contributed by atoms with E-state index in [0.717, 1.165) is 21.5 Å². The first-order valence-electron chi connectivity index (χ1n) is 5.95. The number of halogens is 2. The van der Waals surface area contributed by atoms with Gasteiger partial charge in [-0.1, -0.05) is 0 Å². The second-order valence-corrected chi connectivity index (χ2v) is 6.84. The first-order valence-corrected chi connectivity index (χ1v) is 7.55. The van der Waals surface area contributed by atoms with Crippen molar-refractivity contribution in [2.24, 2.45) is 5.73 Å². The standard InChI is InChI=1S/C12H17BrN2O2S.ClH/c1-17-9-4-5-15(8(6-9)7-14)12(16)10-2-3-11(13)18-10;/h2-3,8-9H,4-7,14H2,1H3;1H. The number of piperidine rings is 1. The van der Waals surface area contributed by atoms with E-state index >= 15 is 0 Å². The van der Waals surface area contributed by atoms with Crippen molar-refractivity contribution < 1.29 is 9.53 Å². The summed E-state index contributed by atoms with van der Waals surface area (Å²) in [5.74, 6) is 0.0794. The Hall–Kier alpha value is -0.140. The number of hydrogen-bond donors (Lipinski definition) is 1. The third kappa shape index (κ3) is 3.92. The molecular weight excluding hydrogens is 352 g/mol. The van der Waals surface area contributed by atoms with E-state index in [1.54, 1.807) is 7.11 Å². The number of carbonyl (C=O) groups excluding carboxylic acids is 1. The molecule has 1 aromatic heterocycles. The summed E-state index contributed by atoms with van der Waals surface area (Å²) in [5.41, 5.74) is 5.78. The SMILES string of the molecule is COC1CCN(C(=O)c2ccc(Br)s2)C(CN)C1.Cl. The Labute approximate surface area is 131 Å². The summed E-state index contributed by atoms with van der Waals surface area (Å²) in [5, 5.41) is 0. The smallest absolute Gasteiger partial charge is 0.264 e. The van der Waals surface area contributed by atoms with E-state index in [1.165, 1.54) is 11.3 Å². The fourth-order valence-electron chi connectivity index (χ4n) is 2.29. The molecule has 2 heterocycles. The van der Waals surface area contributed by atoms with Crippen LogP contribution in [0.15, 0.2) is 15.9 Å². The van der Waals surface area contributed by atoms with Crippen molar-refractivity contribution in [2.45, 2.75) is 25.0 Å². The minimum atomic E-state index is 0. The molecule has 7 heteroatoms. The zero-order valence-corrected chi connectivity index (χ0v) is 13.9. The molecule has 1 aromatic rings. The minimum absolute atomic E-state index is 0. The average Bonchev–Trinajstić information content (AvgIpc) is 2.83. The number of carbonyl (C=O) groups is 1. The third-order valence-corrected chi connectivity index (χ3v) is 4.93. The van der Waals surface area contributed by atoms with Gasteiger partial charge in [0.1, 0.15) is 0 Å². The molecule has 0 spiro atoms.